The Morgan fingerprint density at radius 3 is 1.77 bits per heavy atom. The van der Waals surface area contributed by atoms with Gasteiger partial charge in [-0.1, -0.05) is 0 Å². The van der Waals surface area contributed by atoms with Crippen LogP contribution in [0.15, 0.2) is 0 Å². The summed E-state index contributed by atoms with van der Waals surface area (Å²) in [7, 11) is 6.49. The van der Waals surface area contributed by atoms with E-state index in [0.717, 1.165) is 0 Å². The number of halogens is 1. The normalized spacial score (nSPS) is 23.1. The minimum atomic E-state index is -1.81. The molecule has 0 aromatic heterocycles. The van der Waals surface area contributed by atoms with Crippen molar-refractivity contribution >= 4 is 28.1 Å². The van der Waals surface area contributed by atoms with Gasteiger partial charge in [-0.05, 0) is 0 Å². The zero-order valence-corrected chi connectivity index (χ0v) is 12.8. The standard InChI is InChI=1S/C9H20N2.ClH.Sn/c1-6-9(10-7(2)3)11-8(4)5;;/h7-9H,6H2,1-5H3;1H;/q-2;;+3/p-1. The third kappa shape index (κ3) is 2.16. The topological polar surface area (TPSA) is 6.48 Å². The Hall–Kier alpha value is 1.01. The Labute approximate surface area is 93.4 Å². The van der Waals surface area contributed by atoms with Crippen LogP contribution in [-0.4, -0.2) is 43.7 Å². The molecule has 1 heterocycles. The molecule has 0 atom stereocenters. The molecule has 0 spiro atoms. The Balaban J connectivity index is 2.63. The summed E-state index contributed by atoms with van der Waals surface area (Å²) in [6.07, 6.45) is 1.83. The van der Waals surface area contributed by atoms with Crippen LogP contribution in [0.1, 0.15) is 41.0 Å². The summed E-state index contributed by atoms with van der Waals surface area (Å²) in [5, 5.41) is 0. The van der Waals surface area contributed by atoms with Crippen molar-refractivity contribution in [2.45, 2.75) is 59.3 Å². The van der Waals surface area contributed by atoms with Crippen LogP contribution in [0.25, 0.3) is 0 Å². The van der Waals surface area contributed by atoms with Crippen molar-refractivity contribution in [2.24, 2.45) is 0 Å². The molecular formula is C9H20ClN2Sn. The Kier molecular flexibility index (Phi) is 4.35. The summed E-state index contributed by atoms with van der Waals surface area (Å²) < 4.78 is 5.12. The number of nitrogens with zero attached hydrogens (tertiary/aromatic N) is 2. The van der Waals surface area contributed by atoms with Crippen LogP contribution in [0.4, 0.5) is 0 Å². The fraction of sp³-hybridized carbons (Fsp3) is 1.00. The van der Waals surface area contributed by atoms with Gasteiger partial charge in [0.25, 0.3) is 0 Å². The van der Waals surface area contributed by atoms with Gasteiger partial charge in [0.05, 0.1) is 0 Å². The third-order valence-corrected chi connectivity index (χ3v) is 12.2. The van der Waals surface area contributed by atoms with Crippen molar-refractivity contribution in [3.63, 3.8) is 0 Å². The molecule has 1 aliphatic rings. The molecule has 1 aliphatic heterocycles. The molecule has 0 aromatic rings. The van der Waals surface area contributed by atoms with Crippen LogP contribution < -0.4 is 0 Å². The molecule has 13 heavy (non-hydrogen) atoms. The summed E-state index contributed by atoms with van der Waals surface area (Å²) in [4.78, 5) is 0. The van der Waals surface area contributed by atoms with E-state index in [1.807, 2.05) is 0 Å². The third-order valence-electron chi connectivity index (χ3n) is 2.55. The molecule has 0 amide bonds. The first kappa shape index (κ1) is 12.1. The van der Waals surface area contributed by atoms with Gasteiger partial charge in [0, 0.05) is 0 Å². The molecule has 0 saturated carbocycles. The molecular weight excluding hydrogens is 290 g/mol. The first-order chi connectivity index (χ1) is 6.00. The van der Waals surface area contributed by atoms with Crippen LogP contribution in [0.5, 0.6) is 0 Å². The van der Waals surface area contributed by atoms with E-state index in [1.54, 1.807) is 0 Å². The van der Waals surface area contributed by atoms with Crippen molar-refractivity contribution in [2.75, 3.05) is 0 Å². The van der Waals surface area contributed by atoms with Crippen molar-refractivity contribution in [3.8, 4) is 0 Å². The summed E-state index contributed by atoms with van der Waals surface area (Å²) >= 11 is -1.81. The monoisotopic (exact) mass is 311 g/mol. The van der Waals surface area contributed by atoms with E-state index < -0.39 is 19.2 Å². The minimum absolute atomic E-state index is 0.631. The van der Waals surface area contributed by atoms with Gasteiger partial charge in [-0.2, -0.15) is 0 Å². The van der Waals surface area contributed by atoms with E-state index in [1.165, 1.54) is 6.42 Å². The molecule has 0 N–H and O–H groups in total. The molecule has 1 rings (SSSR count). The molecule has 1 saturated heterocycles. The van der Waals surface area contributed by atoms with Crippen molar-refractivity contribution in [3.05, 3.63) is 0 Å². The maximum atomic E-state index is 6.49. The number of hydrogen-bond acceptors (Lipinski definition) is 2. The van der Waals surface area contributed by atoms with E-state index in [4.69, 9.17) is 8.92 Å². The van der Waals surface area contributed by atoms with Gasteiger partial charge in [-0.25, -0.2) is 0 Å². The van der Waals surface area contributed by atoms with Gasteiger partial charge in [0.2, 0.25) is 0 Å². The maximum absolute atomic E-state index is 6.49. The van der Waals surface area contributed by atoms with Crippen LogP contribution in [-0.2, 0) is 0 Å². The molecule has 0 aromatic carbocycles. The Morgan fingerprint density at radius 2 is 1.54 bits per heavy atom. The van der Waals surface area contributed by atoms with Gasteiger partial charge in [-0.15, -0.1) is 0 Å². The van der Waals surface area contributed by atoms with E-state index in [0.29, 0.717) is 18.2 Å². The predicted octanol–water partition coefficient (Wildman–Crippen LogP) is 2.38. The zero-order chi connectivity index (χ0) is 10.2. The molecule has 0 aliphatic carbocycles. The fourth-order valence-electron chi connectivity index (χ4n) is 1.97. The molecule has 2 nitrogen and oxygen atoms in total. The fourth-order valence-corrected chi connectivity index (χ4v) is 12.0. The van der Waals surface area contributed by atoms with E-state index in [-0.39, 0.29) is 0 Å². The van der Waals surface area contributed by atoms with Gasteiger partial charge in [-0.3, -0.25) is 0 Å². The summed E-state index contributed by atoms with van der Waals surface area (Å²) in [6.45, 7) is 11.3. The SMILES string of the molecule is CCC1[N](C(C)C)[Sn]([Cl])[N]1C(C)C. The van der Waals surface area contributed by atoms with Crippen LogP contribution >= 0.6 is 8.92 Å². The molecule has 77 valence electrons. The Morgan fingerprint density at radius 1 is 1.15 bits per heavy atom. The van der Waals surface area contributed by atoms with Gasteiger partial charge in [0.15, 0.2) is 0 Å². The Bertz CT molecular complexity index is 159. The summed E-state index contributed by atoms with van der Waals surface area (Å²) in [5.74, 6) is 0. The van der Waals surface area contributed by atoms with Gasteiger partial charge >= 0.3 is 93.6 Å². The van der Waals surface area contributed by atoms with Crippen molar-refractivity contribution < 1.29 is 0 Å². The quantitative estimate of drug-likeness (QED) is 0.739. The average Bonchev–Trinajstić information content (AvgIpc) is 1.97. The second-order valence-corrected chi connectivity index (χ2v) is 10.9. The first-order valence-electron chi connectivity index (χ1n) is 5.09. The second-order valence-electron chi connectivity index (χ2n) is 4.16. The van der Waals surface area contributed by atoms with E-state index in [2.05, 4.69) is 40.9 Å². The number of rotatable bonds is 3. The summed E-state index contributed by atoms with van der Waals surface area (Å²) in [6, 6.07) is 1.26. The zero-order valence-electron chi connectivity index (χ0n) is 9.21. The predicted molar refractivity (Wildman–Crippen MR) is 59.6 cm³/mol. The number of hydrogen-bond donors (Lipinski definition) is 0. The van der Waals surface area contributed by atoms with Crippen molar-refractivity contribution in [1.82, 2.24) is 6.24 Å². The van der Waals surface area contributed by atoms with Crippen molar-refractivity contribution in [1.29, 1.82) is 0 Å². The van der Waals surface area contributed by atoms with E-state index >= 15 is 0 Å². The second kappa shape index (κ2) is 4.69. The van der Waals surface area contributed by atoms with E-state index in [9.17, 15) is 0 Å². The summed E-state index contributed by atoms with van der Waals surface area (Å²) in [5.41, 5.74) is 0. The molecule has 1 fully saturated rings. The molecule has 0 unspecified atom stereocenters. The van der Waals surface area contributed by atoms with Gasteiger partial charge in [0.1, 0.15) is 0 Å². The first-order valence-corrected chi connectivity index (χ1v) is 11.3. The van der Waals surface area contributed by atoms with Crippen LogP contribution in [0.3, 0.4) is 0 Å². The molecule has 0 bridgehead atoms. The van der Waals surface area contributed by atoms with Gasteiger partial charge < -0.3 is 0 Å². The molecule has 1 radical (unpaired) electrons. The van der Waals surface area contributed by atoms with Crippen LogP contribution in [0.2, 0.25) is 0 Å². The van der Waals surface area contributed by atoms with Crippen LogP contribution in [0, 0.1) is 0 Å². The average molecular weight is 310 g/mol. The molecule has 4 heteroatoms.